The zero-order valence-corrected chi connectivity index (χ0v) is 12.3. The number of hydrogen-bond acceptors (Lipinski definition) is 2. The van der Waals surface area contributed by atoms with Crippen molar-refractivity contribution in [1.82, 2.24) is 0 Å². The minimum absolute atomic E-state index is 0.0373. The van der Waals surface area contributed by atoms with Gasteiger partial charge in [-0.15, -0.1) is 0 Å². The van der Waals surface area contributed by atoms with Crippen molar-refractivity contribution in [2.75, 3.05) is 0 Å². The highest BCUT2D eigenvalue weighted by atomic mass is 16.1. The van der Waals surface area contributed by atoms with E-state index < -0.39 is 0 Å². The first kappa shape index (κ1) is 13.0. The maximum atomic E-state index is 13.0. The summed E-state index contributed by atoms with van der Waals surface area (Å²) in [6, 6.07) is 5.78. The standard InChI is InChI=1S/C18H21N2O/c19-10-13-2-1-3-20(11-13)12-17(21)18-7-14-4-15(8-18)6-16(5-14)9-18/h1-3,11,14-16H,4-9,12H2/q+1. The van der Waals surface area contributed by atoms with Crippen LogP contribution in [-0.4, -0.2) is 5.78 Å². The fourth-order valence-corrected chi connectivity index (χ4v) is 5.47. The SMILES string of the molecule is N#Cc1ccc[n+](CC(=O)C23CC4CC(CC(C4)C2)C3)c1. The molecule has 1 aromatic heterocycles. The second-order valence-corrected chi connectivity index (χ2v) is 7.50. The summed E-state index contributed by atoms with van der Waals surface area (Å²) >= 11 is 0. The molecule has 4 aliphatic rings. The van der Waals surface area contributed by atoms with Crippen molar-refractivity contribution < 1.29 is 9.36 Å². The first-order valence-electron chi connectivity index (χ1n) is 8.09. The fraction of sp³-hybridized carbons (Fsp3) is 0.611. The van der Waals surface area contributed by atoms with Crippen molar-refractivity contribution in [2.45, 2.75) is 45.1 Å². The highest BCUT2D eigenvalue weighted by molar-refractivity contribution is 5.84. The summed E-state index contributed by atoms with van der Waals surface area (Å²) < 4.78 is 1.89. The van der Waals surface area contributed by atoms with E-state index in [1.807, 2.05) is 16.8 Å². The Morgan fingerprint density at radius 3 is 2.43 bits per heavy atom. The molecule has 0 atom stereocenters. The lowest BCUT2D eigenvalue weighted by Crippen LogP contribution is -2.53. The van der Waals surface area contributed by atoms with Gasteiger partial charge in [0.25, 0.3) is 0 Å². The third kappa shape index (κ3) is 2.18. The molecule has 5 rings (SSSR count). The van der Waals surface area contributed by atoms with Gasteiger partial charge in [-0.05, 0) is 62.3 Å². The Labute approximate surface area is 125 Å². The van der Waals surface area contributed by atoms with Gasteiger partial charge < -0.3 is 0 Å². The van der Waals surface area contributed by atoms with Crippen LogP contribution in [0.5, 0.6) is 0 Å². The van der Waals surface area contributed by atoms with E-state index in [0.29, 0.717) is 17.9 Å². The Morgan fingerprint density at radius 2 is 1.86 bits per heavy atom. The third-order valence-electron chi connectivity index (χ3n) is 5.94. The Bertz CT molecular complexity index is 593. The number of pyridine rings is 1. The number of Topliss-reactive ketones (excluding diaryl/α,β-unsaturated/α-hetero) is 1. The summed E-state index contributed by atoms with van der Waals surface area (Å²) in [6.07, 6.45) is 11.2. The molecule has 108 valence electrons. The summed E-state index contributed by atoms with van der Waals surface area (Å²) in [4.78, 5) is 13.0. The van der Waals surface area contributed by atoms with E-state index in [0.717, 1.165) is 37.0 Å². The summed E-state index contributed by atoms with van der Waals surface area (Å²) in [5.74, 6) is 2.81. The van der Waals surface area contributed by atoms with E-state index in [1.165, 1.54) is 19.3 Å². The van der Waals surface area contributed by atoms with Crippen molar-refractivity contribution in [3.63, 3.8) is 0 Å². The van der Waals surface area contributed by atoms with Gasteiger partial charge in [0.15, 0.2) is 12.4 Å². The van der Waals surface area contributed by atoms with E-state index >= 15 is 0 Å². The zero-order chi connectivity index (χ0) is 14.4. The molecule has 4 fully saturated rings. The minimum atomic E-state index is -0.0373. The van der Waals surface area contributed by atoms with Crippen LogP contribution in [0.3, 0.4) is 0 Å². The highest BCUT2D eigenvalue weighted by Crippen LogP contribution is 2.60. The molecule has 0 radical (unpaired) electrons. The van der Waals surface area contributed by atoms with Crippen LogP contribution < -0.4 is 4.57 Å². The largest absolute Gasteiger partial charge is 0.292 e. The molecule has 3 nitrogen and oxygen atoms in total. The Kier molecular flexibility index (Phi) is 2.89. The lowest BCUT2D eigenvalue weighted by atomic mass is 9.48. The number of rotatable bonds is 3. The van der Waals surface area contributed by atoms with Gasteiger partial charge in [0.05, 0.1) is 0 Å². The smallest absolute Gasteiger partial charge is 0.207 e. The number of nitrogens with zero attached hydrogens (tertiary/aromatic N) is 2. The molecule has 21 heavy (non-hydrogen) atoms. The van der Waals surface area contributed by atoms with Crippen LogP contribution in [-0.2, 0) is 11.3 Å². The van der Waals surface area contributed by atoms with Crippen LogP contribution in [0.25, 0.3) is 0 Å². The number of hydrogen-bond donors (Lipinski definition) is 0. The molecule has 3 heteroatoms. The Morgan fingerprint density at radius 1 is 1.24 bits per heavy atom. The van der Waals surface area contributed by atoms with Gasteiger partial charge in [-0.1, -0.05) is 0 Å². The molecule has 4 bridgehead atoms. The maximum Gasteiger partial charge on any atom is 0.207 e. The predicted molar refractivity (Wildman–Crippen MR) is 77.0 cm³/mol. The molecule has 0 aliphatic heterocycles. The van der Waals surface area contributed by atoms with Gasteiger partial charge in [-0.25, -0.2) is 0 Å². The molecule has 0 N–H and O–H groups in total. The second kappa shape index (κ2) is 4.66. The van der Waals surface area contributed by atoms with E-state index in [9.17, 15) is 4.79 Å². The normalized spacial score (nSPS) is 36.4. The van der Waals surface area contributed by atoms with E-state index in [-0.39, 0.29) is 5.41 Å². The van der Waals surface area contributed by atoms with Gasteiger partial charge >= 0.3 is 0 Å². The van der Waals surface area contributed by atoms with Crippen LogP contribution in [0.15, 0.2) is 24.5 Å². The highest BCUT2D eigenvalue weighted by Gasteiger charge is 2.54. The van der Waals surface area contributed by atoms with E-state index in [4.69, 9.17) is 5.26 Å². The van der Waals surface area contributed by atoms with Crippen LogP contribution >= 0.6 is 0 Å². The summed E-state index contributed by atoms with van der Waals surface area (Å²) in [5, 5.41) is 8.98. The van der Waals surface area contributed by atoms with E-state index in [1.54, 1.807) is 12.3 Å². The lowest BCUT2D eigenvalue weighted by molar-refractivity contribution is -0.685. The number of ketones is 1. The van der Waals surface area contributed by atoms with Crippen LogP contribution in [0.1, 0.15) is 44.1 Å². The lowest BCUT2D eigenvalue weighted by Gasteiger charge is -2.55. The maximum absolute atomic E-state index is 13.0. The quantitative estimate of drug-likeness (QED) is 0.799. The zero-order valence-electron chi connectivity index (χ0n) is 12.3. The molecular weight excluding hydrogens is 260 g/mol. The molecule has 0 spiro atoms. The van der Waals surface area contributed by atoms with Gasteiger partial charge in [-0.2, -0.15) is 9.83 Å². The Hall–Kier alpha value is -1.69. The van der Waals surface area contributed by atoms with Gasteiger partial charge in [0.2, 0.25) is 12.3 Å². The third-order valence-corrected chi connectivity index (χ3v) is 5.94. The van der Waals surface area contributed by atoms with Crippen molar-refractivity contribution >= 4 is 5.78 Å². The molecular formula is C18H21N2O+. The van der Waals surface area contributed by atoms with Crippen LogP contribution in [0.2, 0.25) is 0 Å². The molecule has 0 amide bonds. The molecule has 1 heterocycles. The topological polar surface area (TPSA) is 44.7 Å². The Balaban J connectivity index is 1.56. The average Bonchev–Trinajstić information content (AvgIpc) is 2.46. The fourth-order valence-electron chi connectivity index (χ4n) is 5.47. The van der Waals surface area contributed by atoms with Crippen molar-refractivity contribution in [3.05, 3.63) is 30.1 Å². The van der Waals surface area contributed by atoms with E-state index in [2.05, 4.69) is 6.07 Å². The summed E-state index contributed by atoms with van der Waals surface area (Å²) in [6.45, 7) is 0.432. The molecule has 1 aromatic rings. The number of nitriles is 1. The van der Waals surface area contributed by atoms with Crippen molar-refractivity contribution in [3.8, 4) is 6.07 Å². The number of carbonyl (C=O) groups excluding carboxylic acids is 1. The van der Waals surface area contributed by atoms with Crippen molar-refractivity contribution in [1.29, 1.82) is 5.26 Å². The average molecular weight is 281 g/mol. The molecule has 0 aromatic carbocycles. The van der Waals surface area contributed by atoms with Crippen molar-refractivity contribution in [2.24, 2.45) is 23.2 Å². The van der Waals surface area contributed by atoms with Crippen LogP contribution in [0, 0.1) is 34.5 Å². The van der Waals surface area contributed by atoms with Gasteiger partial charge in [-0.3, -0.25) is 4.79 Å². The summed E-state index contributed by atoms with van der Waals surface area (Å²) in [5.41, 5.74) is 0.584. The van der Waals surface area contributed by atoms with Gasteiger partial charge in [0.1, 0.15) is 11.6 Å². The summed E-state index contributed by atoms with van der Waals surface area (Å²) in [7, 11) is 0. The predicted octanol–water partition coefficient (Wildman–Crippen LogP) is 2.63. The first-order chi connectivity index (χ1) is 10.2. The number of carbonyl (C=O) groups is 1. The minimum Gasteiger partial charge on any atom is -0.292 e. The van der Waals surface area contributed by atoms with Gasteiger partial charge in [0, 0.05) is 11.5 Å². The molecule has 0 saturated heterocycles. The first-order valence-corrected chi connectivity index (χ1v) is 8.09. The molecule has 0 unspecified atom stereocenters. The molecule has 4 saturated carbocycles. The molecule has 4 aliphatic carbocycles. The second-order valence-electron chi connectivity index (χ2n) is 7.50. The monoisotopic (exact) mass is 281 g/mol. The number of aromatic nitrogens is 1. The van der Waals surface area contributed by atoms with Crippen LogP contribution in [0.4, 0.5) is 0 Å².